The van der Waals surface area contributed by atoms with Gasteiger partial charge in [-0.05, 0) is 43.9 Å². The number of nitrogens with zero attached hydrogens (tertiary/aromatic N) is 3. The number of allylic oxidation sites excluding steroid dienone is 1. The average molecular weight is 479 g/mol. The number of urea groups is 1. The van der Waals surface area contributed by atoms with Crippen LogP contribution in [0.5, 0.6) is 0 Å². The summed E-state index contributed by atoms with van der Waals surface area (Å²) in [5, 5.41) is 7.46. The van der Waals surface area contributed by atoms with Gasteiger partial charge in [-0.2, -0.15) is 4.98 Å². The number of benzene rings is 3. The third kappa shape index (κ3) is 4.67. The molecule has 0 saturated carbocycles. The number of hydrogen-bond acceptors (Lipinski definition) is 4. The lowest BCUT2D eigenvalue weighted by molar-refractivity contribution is 0.203. The van der Waals surface area contributed by atoms with E-state index in [4.69, 9.17) is 9.51 Å². The van der Waals surface area contributed by atoms with Crippen LogP contribution < -0.4 is 5.32 Å². The van der Waals surface area contributed by atoms with Gasteiger partial charge in [0.25, 0.3) is 5.89 Å². The van der Waals surface area contributed by atoms with E-state index in [1.54, 1.807) is 4.90 Å². The van der Waals surface area contributed by atoms with Crippen LogP contribution in [0.1, 0.15) is 53.6 Å². The summed E-state index contributed by atoms with van der Waals surface area (Å²) in [6.07, 6.45) is 0.971. The van der Waals surface area contributed by atoms with Crippen LogP contribution in [-0.2, 0) is 13.0 Å². The maximum Gasteiger partial charge on any atom is 0.322 e. The Morgan fingerprint density at radius 3 is 2.36 bits per heavy atom. The lowest BCUT2D eigenvalue weighted by Crippen LogP contribution is -2.45. The highest BCUT2D eigenvalue weighted by molar-refractivity contribution is 5.86. The first kappa shape index (κ1) is 23.5. The molecule has 1 aliphatic heterocycles. The van der Waals surface area contributed by atoms with E-state index < -0.39 is 6.04 Å². The van der Waals surface area contributed by atoms with Crippen molar-refractivity contribution in [3.8, 4) is 11.4 Å². The molecule has 2 amide bonds. The van der Waals surface area contributed by atoms with Crippen molar-refractivity contribution >= 4 is 11.6 Å². The topological polar surface area (TPSA) is 71.3 Å². The van der Waals surface area contributed by atoms with Gasteiger partial charge in [0, 0.05) is 11.3 Å². The summed E-state index contributed by atoms with van der Waals surface area (Å²) in [6, 6.07) is 24.0. The van der Waals surface area contributed by atoms with E-state index in [1.807, 2.05) is 75.4 Å². The van der Waals surface area contributed by atoms with Crippen molar-refractivity contribution in [2.24, 2.45) is 0 Å². The van der Waals surface area contributed by atoms with Gasteiger partial charge in [-0.25, -0.2) is 4.79 Å². The molecule has 0 fully saturated rings. The van der Waals surface area contributed by atoms with Crippen LogP contribution >= 0.6 is 0 Å². The quantitative estimate of drug-likeness (QED) is 0.338. The van der Waals surface area contributed by atoms with E-state index in [1.165, 1.54) is 5.56 Å². The first-order chi connectivity index (χ1) is 17.4. The Hall–Kier alpha value is -4.19. The van der Waals surface area contributed by atoms with Crippen molar-refractivity contribution in [1.82, 2.24) is 20.4 Å². The Kier molecular flexibility index (Phi) is 6.42. The number of aromatic nitrogens is 2. The molecule has 2 heterocycles. The highest BCUT2D eigenvalue weighted by Gasteiger charge is 2.35. The third-order valence-electron chi connectivity index (χ3n) is 6.71. The van der Waals surface area contributed by atoms with E-state index in [0.29, 0.717) is 18.3 Å². The second-order valence-corrected chi connectivity index (χ2v) is 9.34. The largest absolute Gasteiger partial charge is 0.334 e. The second kappa shape index (κ2) is 9.82. The lowest BCUT2D eigenvalue weighted by atomic mass is 9.94. The molecule has 4 aromatic rings. The summed E-state index contributed by atoms with van der Waals surface area (Å²) in [5.41, 5.74) is 8.06. The van der Waals surface area contributed by atoms with Gasteiger partial charge in [0.15, 0.2) is 0 Å². The van der Waals surface area contributed by atoms with Crippen molar-refractivity contribution in [2.75, 3.05) is 0 Å². The molecule has 0 saturated heterocycles. The number of rotatable bonds is 6. The Morgan fingerprint density at radius 1 is 0.917 bits per heavy atom. The molecular formula is C30H30N4O2. The van der Waals surface area contributed by atoms with Gasteiger partial charge in [-0.15, -0.1) is 0 Å². The zero-order valence-electron chi connectivity index (χ0n) is 21.1. The SMILES string of the molecule is CCc1ccc(-c2noc(C3=C(C)N(Cc4cccc(C)c4)C(=O)NC3c3ccc(C)cc3)n2)cc1. The number of carbonyl (C=O) groups is 1. The molecule has 0 bridgehead atoms. The van der Waals surface area contributed by atoms with Gasteiger partial charge in [0.2, 0.25) is 5.82 Å². The van der Waals surface area contributed by atoms with Gasteiger partial charge in [0.1, 0.15) is 0 Å². The molecule has 1 aromatic heterocycles. The molecule has 1 atom stereocenters. The molecule has 182 valence electrons. The third-order valence-corrected chi connectivity index (χ3v) is 6.71. The van der Waals surface area contributed by atoms with E-state index in [2.05, 4.69) is 35.6 Å². The molecule has 0 aliphatic carbocycles. The number of carbonyl (C=O) groups excluding carboxylic acids is 1. The summed E-state index contributed by atoms with van der Waals surface area (Å²) in [5.74, 6) is 0.930. The Morgan fingerprint density at radius 2 is 1.67 bits per heavy atom. The fourth-order valence-corrected chi connectivity index (χ4v) is 4.59. The van der Waals surface area contributed by atoms with Crippen LogP contribution in [0, 0.1) is 13.8 Å². The number of amides is 2. The highest BCUT2D eigenvalue weighted by Crippen LogP contribution is 2.38. The predicted octanol–water partition coefficient (Wildman–Crippen LogP) is 6.61. The predicted molar refractivity (Wildman–Crippen MR) is 141 cm³/mol. The molecule has 1 N–H and O–H groups in total. The minimum atomic E-state index is -0.400. The molecular weight excluding hydrogens is 448 g/mol. The van der Waals surface area contributed by atoms with E-state index in [-0.39, 0.29) is 6.03 Å². The minimum Gasteiger partial charge on any atom is -0.334 e. The molecule has 0 spiro atoms. The maximum atomic E-state index is 13.3. The van der Waals surface area contributed by atoms with Crippen molar-refractivity contribution in [1.29, 1.82) is 0 Å². The van der Waals surface area contributed by atoms with Gasteiger partial charge >= 0.3 is 6.03 Å². The summed E-state index contributed by atoms with van der Waals surface area (Å²) in [4.78, 5) is 19.8. The zero-order valence-corrected chi connectivity index (χ0v) is 21.1. The molecule has 5 rings (SSSR count). The van der Waals surface area contributed by atoms with Gasteiger partial charge in [-0.1, -0.05) is 96.0 Å². The standard InChI is InChI=1S/C30H30N4O2/c1-5-22-11-15-25(16-12-22)28-32-29(36-33-28)26-21(4)34(18-23-8-6-7-20(3)17-23)30(35)31-27(26)24-13-9-19(2)10-14-24/h6-17,27H,5,18H2,1-4H3,(H,31,35). The fourth-order valence-electron chi connectivity index (χ4n) is 4.59. The highest BCUT2D eigenvalue weighted by atomic mass is 16.5. The van der Waals surface area contributed by atoms with E-state index >= 15 is 0 Å². The smallest absolute Gasteiger partial charge is 0.322 e. The normalized spacial score (nSPS) is 15.8. The van der Waals surface area contributed by atoms with Gasteiger partial charge in [-0.3, -0.25) is 4.90 Å². The fraction of sp³-hybridized carbons (Fsp3) is 0.233. The molecule has 3 aromatic carbocycles. The Bertz CT molecular complexity index is 1420. The van der Waals surface area contributed by atoms with E-state index in [9.17, 15) is 4.79 Å². The molecule has 36 heavy (non-hydrogen) atoms. The van der Waals surface area contributed by atoms with Gasteiger partial charge < -0.3 is 9.84 Å². The average Bonchev–Trinajstić information content (AvgIpc) is 3.36. The first-order valence-electron chi connectivity index (χ1n) is 12.3. The number of hydrogen-bond donors (Lipinski definition) is 1. The summed E-state index contributed by atoms with van der Waals surface area (Å²) in [6.45, 7) is 8.62. The van der Waals surface area contributed by atoms with Crippen molar-refractivity contribution in [3.05, 3.63) is 112 Å². The molecule has 0 radical (unpaired) electrons. The van der Waals surface area contributed by atoms with Crippen molar-refractivity contribution < 1.29 is 9.32 Å². The zero-order chi connectivity index (χ0) is 25.2. The Balaban J connectivity index is 1.58. The van der Waals surface area contributed by atoms with Crippen molar-refractivity contribution in [2.45, 2.75) is 46.7 Å². The number of aryl methyl sites for hydroxylation is 3. The first-order valence-corrected chi connectivity index (χ1v) is 12.3. The van der Waals surface area contributed by atoms with Crippen LogP contribution in [0.2, 0.25) is 0 Å². The maximum absolute atomic E-state index is 13.3. The number of nitrogens with one attached hydrogen (secondary N) is 1. The molecule has 1 aliphatic rings. The molecule has 1 unspecified atom stereocenters. The van der Waals surface area contributed by atoms with E-state index in [0.717, 1.165) is 45.5 Å². The summed E-state index contributed by atoms with van der Waals surface area (Å²) in [7, 11) is 0. The van der Waals surface area contributed by atoms with Gasteiger partial charge in [0.05, 0.1) is 18.2 Å². The van der Waals surface area contributed by atoms with Crippen LogP contribution in [0.4, 0.5) is 4.79 Å². The summed E-state index contributed by atoms with van der Waals surface area (Å²) >= 11 is 0. The minimum absolute atomic E-state index is 0.154. The lowest BCUT2D eigenvalue weighted by Gasteiger charge is -2.35. The Labute approximate surface area is 211 Å². The van der Waals surface area contributed by atoms with Crippen LogP contribution in [0.15, 0.2) is 83.0 Å². The van der Waals surface area contributed by atoms with Crippen LogP contribution in [0.25, 0.3) is 17.0 Å². The molecule has 6 nitrogen and oxygen atoms in total. The van der Waals surface area contributed by atoms with Crippen LogP contribution in [0.3, 0.4) is 0 Å². The second-order valence-electron chi connectivity index (χ2n) is 9.34. The summed E-state index contributed by atoms with van der Waals surface area (Å²) < 4.78 is 5.82. The van der Waals surface area contributed by atoms with Crippen molar-refractivity contribution in [3.63, 3.8) is 0 Å². The molecule has 6 heteroatoms. The monoisotopic (exact) mass is 478 g/mol. The van der Waals surface area contributed by atoms with Crippen LogP contribution in [-0.4, -0.2) is 21.1 Å².